The van der Waals surface area contributed by atoms with Gasteiger partial charge < -0.3 is 33.5 Å². The summed E-state index contributed by atoms with van der Waals surface area (Å²) in [6, 6.07) is 6.89. The van der Waals surface area contributed by atoms with Crippen molar-refractivity contribution >= 4 is 12.3 Å². The molecule has 0 fully saturated rings. The molecule has 0 spiro atoms. The van der Waals surface area contributed by atoms with Gasteiger partial charge in [-0.15, -0.1) is 0 Å². The van der Waals surface area contributed by atoms with Crippen molar-refractivity contribution in [2.75, 3.05) is 72.7 Å². The Bertz CT molecular complexity index is 533. The van der Waals surface area contributed by atoms with Gasteiger partial charge in [0.15, 0.2) is 0 Å². The minimum Gasteiger partial charge on any atom is -0.491 e. The zero-order valence-electron chi connectivity index (χ0n) is 16.6. The summed E-state index contributed by atoms with van der Waals surface area (Å²) in [6.07, 6.45) is 0.788. The maximum atomic E-state index is 10.6. The topological polar surface area (TPSA) is 110 Å². The summed E-state index contributed by atoms with van der Waals surface area (Å²) < 4.78 is 32.0. The molecule has 0 unspecified atom stereocenters. The number of hydrogen-bond donors (Lipinski definition) is 1. The van der Waals surface area contributed by atoms with E-state index >= 15 is 0 Å². The molecule has 0 radical (unpaired) electrons. The van der Waals surface area contributed by atoms with Crippen LogP contribution in [0, 0.1) is 0 Å². The minimum atomic E-state index is -0.874. The standard InChI is InChI=1S/C20H30O9/c21-17-18-1-3-19(4-2-18)29-16-15-28-14-13-27-12-11-26-10-9-25-8-7-24-6-5-20(22)23/h1-4,17H,5-16H2,(H,22,23). The van der Waals surface area contributed by atoms with Gasteiger partial charge in [-0.25, -0.2) is 0 Å². The first kappa shape index (κ1) is 25.0. The van der Waals surface area contributed by atoms with Crippen LogP contribution in [0.2, 0.25) is 0 Å². The Hall–Kier alpha value is -2.04. The van der Waals surface area contributed by atoms with E-state index in [9.17, 15) is 9.59 Å². The van der Waals surface area contributed by atoms with Crippen molar-refractivity contribution < 1.29 is 43.1 Å². The number of aliphatic carboxylic acids is 1. The lowest BCUT2D eigenvalue weighted by Gasteiger charge is -2.08. The molecule has 1 aromatic carbocycles. The maximum absolute atomic E-state index is 10.6. The van der Waals surface area contributed by atoms with Crippen molar-refractivity contribution in [1.29, 1.82) is 0 Å². The number of rotatable bonds is 20. The van der Waals surface area contributed by atoms with Gasteiger partial charge in [-0.2, -0.15) is 0 Å². The van der Waals surface area contributed by atoms with E-state index in [1.807, 2.05) is 0 Å². The summed E-state index contributed by atoms with van der Waals surface area (Å²) in [4.78, 5) is 20.8. The van der Waals surface area contributed by atoms with E-state index in [0.29, 0.717) is 77.4 Å². The first-order valence-electron chi connectivity index (χ1n) is 9.51. The van der Waals surface area contributed by atoms with E-state index in [4.69, 9.17) is 33.5 Å². The predicted octanol–water partition coefficient (Wildman–Crippen LogP) is 1.44. The third kappa shape index (κ3) is 15.5. The summed E-state index contributed by atoms with van der Waals surface area (Å²) in [5, 5.41) is 8.43. The van der Waals surface area contributed by atoms with Crippen molar-refractivity contribution in [1.82, 2.24) is 0 Å². The van der Waals surface area contributed by atoms with E-state index < -0.39 is 5.97 Å². The van der Waals surface area contributed by atoms with Crippen LogP contribution in [0.25, 0.3) is 0 Å². The molecule has 0 saturated heterocycles. The second-order valence-corrected chi connectivity index (χ2v) is 5.74. The van der Waals surface area contributed by atoms with Gasteiger partial charge in [-0.3, -0.25) is 9.59 Å². The fourth-order valence-electron chi connectivity index (χ4n) is 2.00. The predicted molar refractivity (Wildman–Crippen MR) is 104 cm³/mol. The Morgan fingerprint density at radius 1 is 0.690 bits per heavy atom. The molecule has 1 rings (SSSR count). The zero-order chi connectivity index (χ0) is 21.0. The van der Waals surface area contributed by atoms with Crippen molar-refractivity contribution in [3.8, 4) is 5.75 Å². The molecule has 0 aliphatic heterocycles. The average molecular weight is 414 g/mol. The van der Waals surface area contributed by atoms with E-state index in [-0.39, 0.29) is 13.0 Å². The smallest absolute Gasteiger partial charge is 0.305 e. The van der Waals surface area contributed by atoms with Gasteiger partial charge in [0.1, 0.15) is 18.6 Å². The second kappa shape index (κ2) is 18.0. The van der Waals surface area contributed by atoms with Crippen molar-refractivity contribution in [3.63, 3.8) is 0 Å². The zero-order valence-corrected chi connectivity index (χ0v) is 16.6. The van der Waals surface area contributed by atoms with Crippen LogP contribution in [0.5, 0.6) is 5.75 Å². The fourth-order valence-corrected chi connectivity index (χ4v) is 2.00. The molecule has 0 aromatic heterocycles. The van der Waals surface area contributed by atoms with Crippen molar-refractivity contribution in [2.24, 2.45) is 0 Å². The van der Waals surface area contributed by atoms with Crippen LogP contribution in [-0.4, -0.2) is 90.0 Å². The number of carboxylic acids is 1. The minimum absolute atomic E-state index is 0.000265. The van der Waals surface area contributed by atoms with Crippen molar-refractivity contribution in [3.05, 3.63) is 29.8 Å². The molecule has 29 heavy (non-hydrogen) atoms. The molecular weight excluding hydrogens is 384 g/mol. The molecule has 0 bridgehead atoms. The van der Waals surface area contributed by atoms with Gasteiger partial charge >= 0.3 is 5.97 Å². The Morgan fingerprint density at radius 2 is 1.10 bits per heavy atom. The van der Waals surface area contributed by atoms with Gasteiger partial charge in [0, 0.05) is 5.56 Å². The van der Waals surface area contributed by atoms with Crippen LogP contribution in [0.1, 0.15) is 16.8 Å². The first-order valence-corrected chi connectivity index (χ1v) is 9.51. The van der Waals surface area contributed by atoms with Gasteiger partial charge in [-0.05, 0) is 24.3 Å². The fraction of sp³-hybridized carbons (Fsp3) is 0.600. The van der Waals surface area contributed by atoms with E-state index in [0.717, 1.165) is 6.29 Å². The molecule has 9 nitrogen and oxygen atoms in total. The molecule has 0 heterocycles. The monoisotopic (exact) mass is 414 g/mol. The summed E-state index contributed by atoms with van der Waals surface area (Å²) in [5.41, 5.74) is 0.613. The number of aldehydes is 1. The van der Waals surface area contributed by atoms with Gasteiger partial charge in [0.2, 0.25) is 0 Å². The molecule has 164 valence electrons. The number of carboxylic acid groups (broad SMARTS) is 1. The largest absolute Gasteiger partial charge is 0.491 e. The number of carbonyl (C=O) groups excluding carboxylic acids is 1. The Balaban J connectivity index is 1.74. The lowest BCUT2D eigenvalue weighted by Crippen LogP contribution is -2.14. The molecular formula is C20H30O9. The van der Waals surface area contributed by atoms with Crippen LogP contribution >= 0.6 is 0 Å². The molecule has 0 saturated carbocycles. The molecule has 0 atom stereocenters. The molecule has 0 aliphatic carbocycles. The van der Waals surface area contributed by atoms with Gasteiger partial charge in [0.25, 0.3) is 0 Å². The third-order valence-electron chi connectivity index (χ3n) is 3.46. The van der Waals surface area contributed by atoms with Crippen LogP contribution in [0.3, 0.4) is 0 Å². The lowest BCUT2D eigenvalue weighted by molar-refractivity contribution is -0.138. The van der Waals surface area contributed by atoms with Crippen LogP contribution in [0.15, 0.2) is 24.3 Å². The molecule has 9 heteroatoms. The highest BCUT2D eigenvalue weighted by molar-refractivity contribution is 5.74. The molecule has 1 N–H and O–H groups in total. The highest BCUT2D eigenvalue weighted by atomic mass is 16.6. The Morgan fingerprint density at radius 3 is 1.52 bits per heavy atom. The summed E-state index contributed by atoms with van der Waals surface area (Å²) in [6.45, 7) is 4.64. The van der Waals surface area contributed by atoms with E-state index in [2.05, 4.69) is 0 Å². The average Bonchev–Trinajstić information content (AvgIpc) is 2.73. The number of hydrogen-bond acceptors (Lipinski definition) is 8. The molecule has 0 amide bonds. The van der Waals surface area contributed by atoms with Crippen molar-refractivity contribution in [2.45, 2.75) is 6.42 Å². The number of benzene rings is 1. The van der Waals surface area contributed by atoms with Crippen LogP contribution < -0.4 is 4.74 Å². The molecule has 0 aliphatic rings. The summed E-state index contributed by atoms with van der Waals surface area (Å²) in [7, 11) is 0. The third-order valence-corrected chi connectivity index (χ3v) is 3.46. The number of carbonyl (C=O) groups is 2. The van der Waals surface area contributed by atoms with Gasteiger partial charge in [-0.1, -0.05) is 0 Å². The Kier molecular flexibility index (Phi) is 15.5. The highest BCUT2D eigenvalue weighted by Gasteiger charge is 1.97. The van der Waals surface area contributed by atoms with Crippen LogP contribution in [-0.2, 0) is 28.5 Å². The van der Waals surface area contributed by atoms with Gasteiger partial charge in [0.05, 0.1) is 72.5 Å². The lowest BCUT2D eigenvalue weighted by atomic mass is 10.2. The Labute approximate surface area is 170 Å². The maximum Gasteiger partial charge on any atom is 0.305 e. The van der Waals surface area contributed by atoms with E-state index in [1.54, 1.807) is 24.3 Å². The second-order valence-electron chi connectivity index (χ2n) is 5.74. The molecule has 1 aromatic rings. The normalized spacial score (nSPS) is 10.8. The SMILES string of the molecule is O=Cc1ccc(OCCOCCOCCOCCOCCOCCC(=O)O)cc1. The van der Waals surface area contributed by atoms with Crippen LogP contribution in [0.4, 0.5) is 0 Å². The number of ether oxygens (including phenoxy) is 6. The quantitative estimate of drug-likeness (QED) is 0.250. The van der Waals surface area contributed by atoms with E-state index in [1.165, 1.54) is 0 Å². The first-order chi connectivity index (χ1) is 14.2. The highest BCUT2D eigenvalue weighted by Crippen LogP contribution is 2.10. The summed E-state index contributed by atoms with van der Waals surface area (Å²) >= 11 is 0. The summed E-state index contributed by atoms with van der Waals surface area (Å²) in [5.74, 6) is -0.177.